The van der Waals surface area contributed by atoms with Crippen LogP contribution in [0.5, 0.6) is 0 Å². The summed E-state index contributed by atoms with van der Waals surface area (Å²) in [5, 5.41) is 0. The van der Waals surface area contributed by atoms with Gasteiger partial charge in [-0.1, -0.05) is 42.5 Å². The molecule has 0 amide bonds. The molecule has 124 valence electrons. The first-order chi connectivity index (χ1) is 11.6. The lowest BCUT2D eigenvalue weighted by Gasteiger charge is -2.08. The molecule has 0 aliphatic rings. The van der Waals surface area contributed by atoms with Gasteiger partial charge < -0.3 is 4.98 Å². The van der Waals surface area contributed by atoms with Gasteiger partial charge in [-0.25, -0.2) is 13.4 Å². The van der Waals surface area contributed by atoms with Crippen molar-refractivity contribution in [1.82, 2.24) is 9.97 Å². The number of nitrogens with zero attached hydrogens (tertiary/aromatic N) is 1. The van der Waals surface area contributed by atoms with E-state index in [9.17, 15) is 8.42 Å². The fourth-order valence-electron chi connectivity index (χ4n) is 2.47. The van der Waals surface area contributed by atoms with Gasteiger partial charge in [0.15, 0.2) is 0 Å². The highest BCUT2D eigenvalue weighted by molar-refractivity contribution is 7.92. The number of hydrogen-bond acceptors (Lipinski definition) is 3. The van der Waals surface area contributed by atoms with E-state index in [1.807, 2.05) is 42.5 Å². The van der Waals surface area contributed by atoms with E-state index in [-0.39, 0.29) is 5.75 Å². The Hall–Kier alpha value is -2.60. The highest BCUT2D eigenvalue weighted by Gasteiger charge is 2.10. The fraction of sp³-hybridized carbons (Fsp3) is 0.167. The third-order valence-electron chi connectivity index (χ3n) is 3.69. The van der Waals surface area contributed by atoms with Crippen LogP contribution in [0.25, 0.3) is 11.3 Å². The van der Waals surface area contributed by atoms with Gasteiger partial charge in [0.2, 0.25) is 10.0 Å². The quantitative estimate of drug-likeness (QED) is 0.691. The van der Waals surface area contributed by atoms with Crippen LogP contribution in [0.1, 0.15) is 12.0 Å². The Morgan fingerprint density at radius 3 is 2.42 bits per heavy atom. The van der Waals surface area contributed by atoms with Gasteiger partial charge in [0.05, 0.1) is 24.0 Å². The molecule has 6 heteroatoms. The van der Waals surface area contributed by atoms with Crippen LogP contribution < -0.4 is 4.72 Å². The number of rotatable bonds is 7. The van der Waals surface area contributed by atoms with Crippen molar-refractivity contribution in [3.8, 4) is 11.3 Å². The van der Waals surface area contributed by atoms with Gasteiger partial charge in [0.1, 0.15) is 0 Å². The van der Waals surface area contributed by atoms with Crippen LogP contribution in [0.15, 0.2) is 67.1 Å². The van der Waals surface area contributed by atoms with Crippen molar-refractivity contribution in [2.75, 3.05) is 10.5 Å². The Morgan fingerprint density at radius 2 is 1.75 bits per heavy atom. The van der Waals surface area contributed by atoms with E-state index >= 15 is 0 Å². The minimum atomic E-state index is -3.34. The van der Waals surface area contributed by atoms with Crippen LogP contribution in [0.2, 0.25) is 0 Å². The molecule has 0 saturated heterocycles. The minimum absolute atomic E-state index is 0.101. The molecular weight excluding hydrogens is 322 g/mol. The molecule has 0 atom stereocenters. The SMILES string of the molecule is O=S(=O)(CCCc1ccccc1)Nc1ccc(-c2cnc[nH]2)cc1. The lowest BCUT2D eigenvalue weighted by Crippen LogP contribution is -2.17. The molecule has 2 N–H and O–H groups in total. The molecule has 0 unspecified atom stereocenters. The maximum atomic E-state index is 12.2. The predicted octanol–water partition coefficient (Wildman–Crippen LogP) is 3.45. The van der Waals surface area contributed by atoms with Crippen molar-refractivity contribution in [2.24, 2.45) is 0 Å². The van der Waals surface area contributed by atoms with E-state index in [0.29, 0.717) is 12.1 Å². The van der Waals surface area contributed by atoms with E-state index in [0.717, 1.165) is 23.2 Å². The maximum Gasteiger partial charge on any atom is 0.232 e. The van der Waals surface area contributed by atoms with Gasteiger partial charge in [0, 0.05) is 5.69 Å². The van der Waals surface area contributed by atoms with Crippen LogP contribution in [0, 0.1) is 0 Å². The normalized spacial score (nSPS) is 11.3. The van der Waals surface area contributed by atoms with Crippen molar-refractivity contribution < 1.29 is 8.42 Å². The number of aromatic amines is 1. The molecule has 3 aromatic rings. The number of aryl methyl sites for hydroxylation is 1. The zero-order valence-electron chi connectivity index (χ0n) is 13.1. The standard InChI is InChI=1S/C18H19N3O2S/c22-24(23,12-4-7-15-5-2-1-3-6-15)21-17-10-8-16(9-11-17)18-13-19-14-20-18/h1-3,5-6,8-11,13-14,21H,4,7,12H2,(H,19,20). The summed E-state index contributed by atoms with van der Waals surface area (Å²) >= 11 is 0. The minimum Gasteiger partial charge on any atom is -0.345 e. The van der Waals surface area contributed by atoms with Crippen LogP contribution in [-0.4, -0.2) is 24.1 Å². The molecule has 24 heavy (non-hydrogen) atoms. The smallest absolute Gasteiger partial charge is 0.232 e. The number of imidazole rings is 1. The molecule has 0 spiro atoms. The fourth-order valence-corrected chi connectivity index (χ4v) is 3.59. The van der Waals surface area contributed by atoms with Gasteiger partial charge in [-0.15, -0.1) is 0 Å². The van der Waals surface area contributed by atoms with E-state index in [1.54, 1.807) is 24.7 Å². The number of anilines is 1. The highest BCUT2D eigenvalue weighted by Crippen LogP contribution is 2.19. The maximum absolute atomic E-state index is 12.2. The zero-order chi connectivity index (χ0) is 16.8. The van der Waals surface area contributed by atoms with Gasteiger partial charge in [0.25, 0.3) is 0 Å². The molecule has 0 fully saturated rings. The predicted molar refractivity (Wildman–Crippen MR) is 96.2 cm³/mol. The van der Waals surface area contributed by atoms with Crippen molar-refractivity contribution in [2.45, 2.75) is 12.8 Å². The Bertz CT molecular complexity index is 858. The molecule has 3 rings (SSSR count). The number of nitrogens with one attached hydrogen (secondary N) is 2. The summed E-state index contributed by atoms with van der Waals surface area (Å²) in [6, 6.07) is 17.1. The van der Waals surface area contributed by atoms with Crippen molar-refractivity contribution in [3.63, 3.8) is 0 Å². The van der Waals surface area contributed by atoms with Gasteiger partial charge in [-0.2, -0.15) is 0 Å². The second kappa shape index (κ2) is 7.31. The molecule has 5 nitrogen and oxygen atoms in total. The van der Waals surface area contributed by atoms with Crippen molar-refractivity contribution >= 4 is 15.7 Å². The second-order valence-electron chi connectivity index (χ2n) is 5.55. The molecule has 0 saturated carbocycles. The summed E-state index contributed by atoms with van der Waals surface area (Å²) in [7, 11) is -3.34. The lowest BCUT2D eigenvalue weighted by atomic mass is 10.1. The van der Waals surface area contributed by atoms with Crippen LogP contribution in [-0.2, 0) is 16.4 Å². The van der Waals surface area contributed by atoms with Crippen LogP contribution >= 0.6 is 0 Å². The van der Waals surface area contributed by atoms with Gasteiger partial charge in [-0.3, -0.25) is 4.72 Å². The van der Waals surface area contributed by atoms with Crippen molar-refractivity contribution in [3.05, 3.63) is 72.7 Å². The first-order valence-electron chi connectivity index (χ1n) is 7.76. The Balaban J connectivity index is 1.56. The first-order valence-corrected chi connectivity index (χ1v) is 9.41. The summed E-state index contributed by atoms with van der Waals surface area (Å²) in [5.74, 6) is 0.101. The number of H-pyrrole nitrogens is 1. The molecule has 1 aromatic heterocycles. The van der Waals surface area contributed by atoms with Gasteiger partial charge in [-0.05, 0) is 36.1 Å². The summed E-state index contributed by atoms with van der Waals surface area (Å²) in [6.45, 7) is 0. The number of benzene rings is 2. The number of sulfonamides is 1. The molecule has 0 aliphatic heterocycles. The van der Waals surface area contributed by atoms with Crippen LogP contribution in [0.4, 0.5) is 5.69 Å². The molecule has 1 heterocycles. The molecule has 0 aliphatic carbocycles. The Labute approximate surface area is 141 Å². The lowest BCUT2D eigenvalue weighted by molar-refractivity contribution is 0.598. The molecular formula is C18H19N3O2S. The topological polar surface area (TPSA) is 74.8 Å². The van der Waals surface area contributed by atoms with E-state index in [4.69, 9.17) is 0 Å². The summed E-state index contributed by atoms with van der Waals surface area (Å²) < 4.78 is 27.0. The first kappa shape index (κ1) is 16.3. The van der Waals surface area contributed by atoms with Crippen molar-refractivity contribution in [1.29, 1.82) is 0 Å². The van der Waals surface area contributed by atoms with E-state index in [2.05, 4.69) is 14.7 Å². The monoisotopic (exact) mass is 341 g/mol. The third-order valence-corrected chi connectivity index (χ3v) is 5.06. The average Bonchev–Trinajstić information content (AvgIpc) is 3.10. The Kier molecular flexibility index (Phi) is 4.96. The van der Waals surface area contributed by atoms with Crippen LogP contribution in [0.3, 0.4) is 0 Å². The highest BCUT2D eigenvalue weighted by atomic mass is 32.2. The largest absolute Gasteiger partial charge is 0.345 e. The summed E-state index contributed by atoms with van der Waals surface area (Å²) in [6.07, 6.45) is 4.67. The molecule has 0 radical (unpaired) electrons. The van der Waals surface area contributed by atoms with E-state index in [1.165, 1.54) is 0 Å². The number of aromatic nitrogens is 2. The number of hydrogen-bond donors (Lipinski definition) is 2. The zero-order valence-corrected chi connectivity index (χ0v) is 14.0. The van der Waals surface area contributed by atoms with Gasteiger partial charge >= 0.3 is 0 Å². The Morgan fingerprint density at radius 1 is 1.00 bits per heavy atom. The molecule has 0 bridgehead atoms. The van der Waals surface area contributed by atoms with E-state index < -0.39 is 10.0 Å². The second-order valence-corrected chi connectivity index (χ2v) is 7.39. The average molecular weight is 341 g/mol. The third kappa shape index (κ3) is 4.45. The summed E-state index contributed by atoms with van der Waals surface area (Å²) in [5.41, 5.74) is 3.57. The molecule has 2 aromatic carbocycles. The summed E-state index contributed by atoms with van der Waals surface area (Å²) in [4.78, 5) is 6.99.